The molecule has 6 nitrogen and oxygen atoms in total. The number of aromatic hydroxyl groups is 1. The van der Waals surface area contributed by atoms with Crippen LogP contribution in [-0.2, 0) is 15.0 Å². The fraction of sp³-hybridized carbons (Fsp3) is 0.545. The summed E-state index contributed by atoms with van der Waals surface area (Å²) in [4.78, 5) is 25.4. The van der Waals surface area contributed by atoms with Crippen molar-refractivity contribution in [1.29, 1.82) is 0 Å². The second-order valence-corrected chi connectivity index (χ2v) is 9.13. The second-order valence-electron chi connectivity index (χ2n) is 9.13. The molecule has 1 aromatic rings. The van der Waals surface area contributed by atoms with Crippen molar-refractivity contribution in [3.8, 4) is 5.75 Å². The third-order valence-corrected chi connectivity index (χ3v) is 7.25. The number of phenolic OH excluding ortho intramolecular Hbond substituents is 1. The van der Waals surface area contributed by atoms with Gasteiger partial charge in [0, 0.05) is 6.08 Å². The fourth-order valence-electron chi connectivity index (χ4n) is 6.49. The van der Waals surface area contributed by atoms with E-state index in [1.807, 2.05) is 12.1 Å². The standard InChI is InChI=1S/C22H26N2O4/c25-4-3-24-20(27)9-18(21(24)28)23-17-8-16(1-2-19(17)26)22-10-13-5-14(11-22)7-15(6-13)12-22/h1-2,8-9,13-15,23,25-26H,3-7,10-12H2. The molecule has 6 heteroatoms. The summed E-state index contributed by atoms with van der Waals surface area (Å²) in [6, 6.07) is 5.70. The molecular formula is C22H26N2O4. The van der Waals surface area contributed by atoms with E-state index in [0.717, 1.165) is 22.7 Å². The number of hydrogen-bond acceptors (Lipinski definition) is 5. The first kappa shape index (κ1) is 17.7. The first-order valence-electron chi connectivity index (χ1n) is 10.3. The predicted molar refractivity (Wildman–Crippen MR) is 103 cm³/mol. The Morgan fingerprint density at radius 1 is 1.07 bits per heavy atom. The SMILES string of the molecule is O=C1C=C(Nc2cc(C34CC5CC(CC(C5)C3)C4)ccc2O)C(=O)N1CCO. The van der Waals surface area contributed by atoms with Crippen LogP contribution in [0.1, 0.15) is 44.1 Å². The summed E-state index contributed by atoms with van der Waals surface area (Å²) in [5.41, 5.74) is 2.02. The van der Waals surface area contributed by atoms with E-state index in [0.29, 0.717) is 5.69 Å². The van der Waals surface area contributed by atoms with Crippen molar-refractivity contribution in [2.75, 3.05) is 18.5 Å². The number of phenols is 1. The third kappa shape index (κ3) is 2.73. The van der Waals surface area contributed by atoms with Gasteiger partial charge < -0.3 is 15.5 Å². The molecule has 4 aliphatic carbocycles. The lowest BCUT2D eigenvalue weighted by Crippen LogP contribution is -2.48. The van der Waals surface area contributed by atoms with E-state index < -0.39 is 11.8 Å². The monoisotopic (exact) mass is 382 g/mol. The number of carbonyl (C=O) groups excluding carboxylic acids is 2. The van der Waals surface area contributed by atoms with E-state index in [2.05, 4.69) is 5.32 Å². The normalized spacial score (nSPS) is 33.5. The first-order valence-corrected chi connectivity index (χ1v) is 10.3. The van der Waals surface area contributed by atoms with Crippen LogP contribution in [-0.4, -0.2) is 40.1 Å². The Labute approximate surface area is 164 Å². The Kier molecular flexibility index (Phi) is 4.02. The zero-order valence-corrected chi connectivity index (χ0v) is 15.9. The maximum atomic E-state index is 12.4. The minimum atomic E-state index is -0.473. The van der Waals surface area contributed by atoms with Gasteiger partial charge >= 0.3 is 0 Å². The summed E-state index contributed by atoms with van der Waals surface area (Å²) in [7, 11) is 0. The lowest BCUT2D eigenvalue weighted by Gasteiger charge is -2.57. The summed E-state index contributed by atoms with van der Waals surface area (Å²) in [6.07, 6.45) is 8.98. The molecule has 4 fully saturated rings. The van der Waals surface area contributed by atoms with Crippen molar-refractivity contribution in [2.24, 2.45) is 17.8 Å². The van der Waals surface area contributed by atoms with E-state index in [1.165, 1.54) is 50.2 Å². The Balaban J connectivity index is 1.42. The highest BCUT2D eigenvalue weighted by atomic mass is 16.3. The number of nitrogens with zero attached hydrogens (tertiary/aromatic N) is 1. The van der Waals surface area contributed by atoms with Crippen molar-refractivity contribution >= 4 is 17.5 Å². The molecular weight excluding hydrogens is 356 g/mol. The smallest absolute Gasteiger partial charge is 0.277 e. The predicted octanol–water partition coefficient (Wildman–Crippen LogP) is 2.52. The van der Waals surface area contributed by atoms with Crippen LogP contribution in [0, 0.1) is 17.8 Å². The van der Waals surface area contributed by atoms with Crippen LogP contribution in [0.25, 0.3) is 0 Å². The molecule has 0 unspecified atom stereocenters. The third-order valence-electron chi connectivity index (χ3n) is 7.25. The average Bonchev–Trinajstić information content (AvgIpc) is 2.90. The zero-order valence-electron chi connectivity index (χ0n) is 15.9. The zero-order chi connectivity index (χ0) is 19.5. The van der Waals surface area contributed by atoms with Crippen molar-refractivity contribution in [1.82, 2.24) is 4.90 Å². The molecule has 0 atom stereocenters. The minimum Gasteiger partial charge on any atom is -0.506 e. The molecule has 148 valence electrons. The van der Waals surface area contributed by atoms with E-state index in [1.54, 1.807) is 6.07 Å². The minimum absolute atomic E-state index is 0.0291. The van der Waals surface area contributed by atoms with Gasteiger partial charge in [0.15, 0.2) is 0 Å². The first-order chi connectivity index (χ1) is 13.5. The van der Waals surface area contributed by atoms with Crippen LogP contribution >= 0.6 is 0 Å². The van der Waals surface area contributed by atoms with Crippen LogP contribution < -0.4 is 5.32 Å². The van der Waals surface area contributed by atoms with Gasteiger partial charge in [-0.2, -0.15) is 0 Å². The summed E-state index contributed by atoms with van der Waals surface area (Å²) in [5.74, 6) is 1.60. The van der Waals surface area contributed by atoms with Gasteiger partial charge in [0.1, 0.15) is 11.4 Å². The number of β-amino-alcohol motifs (C(OH)–C–C–N with tert-alkyl or cyclic N) is 1. The Morgan fingerprint density at radius 3 is 2.32 bits per heavy atom. The summed E-state index contributed by atoms with van der Waals surface area (Å²) >= 11 is 0. The van der Waals surface area contributed by atoms with Crippen LogP contribution in [0.15, 0.2) is 30.0 Å². The quantitative estimate of drug-likeness (QED) is 0.538. The van der Waals surface area contributed by atoms with Gasteiger partial charge in [0.25, 0.3) is 11.8 Å². The number of nitrogens with one attached hydrogen (secondary N) is 1. The van der Waals surface area contributed by atoms with Crippen LogP contribution in [0.4, 0.5) is 5.69 Å². The fourth-order valence-corrected chi connectivity index (χ4v) is 6.49. The summed E-state index contributed by atoms with van der Waals surface area (Å²) in [6.45, 7) is -0.302. The van der Waals surface area contributed by atoms with Crippen molar-refractivity contribution in [3.05, 3.63) is 35.5 Å². The van der Waals surface area contributed by atoms with Gasteiger partial charge in [-0.25, -0.2) is 0 Å². The summed E-state index contributed by atoms with van der Waals surface area (Å²) in [5, 5.41) is 22.4. The molecule has 1 heterocycles. The lowest BCUT2D eigenvalue weighted by molar-refractivity contribution is -0.137. The molecule has 6 rings (SSSR count). The van der Waals surface area contributed by atoms with Gasteiger partial charge in [-0.15, -0.1) is 0 Å². The molecule has 5 aliphatic rings. The molecule has 1 aliphatic heterocycles. The molecule has 4 bridgehead atoms. The molecule has 0 radical (unpaired) electrons. The highest BCUT2D eigenvalue weighted by Crippen LogP contribution is 2.61. The molecule has 2 amide bonds. The molecule has 3 N–H and O–H groups in total. The molecule has 1 aromatic carbocycles. The topological polar surface area (TPSA) is 89.9 Å². The van der Waals surface area contributed by atoms with Gasteiger partial charge in [-0.1, -0.05) is 6.07 Å². The number of imide groups is 1. The van der Waals surface area contributed by atoms with E-state index in [-0.39, 0.29) is 30.0 Å². The molecule has 0 aromatic heterocycles. The van der Waals surface area contributed by atoms with Crippen molar-refractivity contribution < 1.29 is 19.8 Å². The largest absolute Gasteiger partial charge is 0.506 e. The number of hydrogen-bond donors (Lipinski definition) is 3. The number of benzene rings is 1. The van der Waals surface area contributed by atoms with Gasteiger partial charge in [-0.3, -0.25) is 14.5 Å². The van der Waals surface area contributed by atoms with Crippen molar-refractivity contribution in [3.63, 3.8) is 0 Å². The van der Waals surface area contributed by atoms with Crippen LogP contribution in [0.2, 0.25) is 0 Å². The molecule has 28 heavy (non-hydrogen) atoms. The maximum Gasteiger partial charge on any atom is 0.277 e. The van der Waals surface area contributed by atoms with E-state index >= 15 is 0 Å². The molecule has 0 saturated heterocycles. The number of anilines is 1. The van der Waals surface area contributed by atoms with Gasteiger partial charge in [0.2, 0.25) is 0 Å². The Hall–Kier alpha value is -2.34. The number of rotatable bonds is 5. The Morgan fingerprint density at radius 2 is 1.71 bits per heavy atom. The average molecular weight is 382 g/mol. The number of carbonyl (C=O) groups is 2. The van der Waals surface area contributed by atoms with Gasteiger partial charge in [0.05, 0.1) is 18.8 Å². The Bertz CT molecular complexity index is 840. The summed E-state index contributed by atoms with van der Waals surface area (Å²) < 4.78 is 0. The molecule has 0 spiro atoms. The second kappa shape index (κ2) is 6.34. The van der Waals surface area contributed by atoms with Crippen molar-refractivity contribution in [2.45, 2.75) is 43.9 Å². The van der Waals surface area contributed by atoms with Crippen LogP contribution in [0.3, 0.4) is 0 Å². The number of amides is 2. The maximum absolute atomic E-state index is 12.4. The molecule has 4 saturated carbocycles. The number of aliphatic hydroxyl groups is 1. The number of aliphatic hydroxyl groups excluding tert-OH is 1. The van der Waals surface area contributed by atoms with E-state index in [4.69, 9.17) is 5.11 Å². The highest BCUT2D eigenvalue weighted by Gasteiger charge is 2.51. The lowest BCUT2D eigenvalue weighted by atomic mass is 9.48. The van der Waals surface area contributed by atoms with Crippen LogP contribution in [0.5, 0.6) is 5.75 Å². The van der Waals surface area contributed by atoms with Gasteiger partial charge in [-0.05, 0) is 79.4 Å². The highest BCUT2D eigenvalue weighted by molar-refractivity contribution is 6.17. The van der Waals surface area contributed by atoms with E-state index in [9.17, 15) is 14.7 Å².